The van der Waals surface area contributed by atoms with Crippen molar-refractivity contribution in [3.05, 3.63) is 59.7 Å². The molecule has 0 heterocycles. The second-order valence-electron chi connectivity index (χ2n) is 5.71. The molecule has 26 heavy (non-hydrogen) atoms. The van der Waals surface area contributed by atoms with E-state index in [4.69, 9.17) is 4.74 Å². The number of aryl methyl sites for hydroxylation is 1. The molecule has 0 aromatic heterocycles. The molecule has 2 aromatic carbocycles. The van der Waals surface area contributed by atoms with Crippen LogP contribution in [0.3, 0.4) is 0 Å². The van der Waals surface area contributed by atoms with Crippen molar-refractivity contribution in [3.8, 4) is 5.75 Å². The number of carbonyl (C=O) groups excluding carboxylic acids is 1. The fourth-order valence-corrected chi connectivity index (χ4v) is 2.98. The summed E-state index contributed by atoms with van der Waals surface area (Å²) in [6.07, 6.45) is -4.51. The Kier molecular flexibility index (Phi) is 6.97. The molecule has 1 atom stereocenters. The normalized spacial score (nSPS) is 12.5. The van der Waals surface area contributed by atoms with E-state index in [9.17, 15) is 18.0 Å². The van der Waals surface area contributed by atoms with Crippen LogP contribution < -0.4 is 10.1 Å². The highest BCUT2D eigenvalue weighted by atomic mass is 32.2. The number of para-hydroxylation sites is 1. The van der Waals surface area contributed by atoms with Crippen molar-refractivity contribution in [1.29, 1.82) is 0 Å². The lowest BCUT2D eigenvalue weighted by Gasteiger charge is -2.16. The lowest BCUT2D eigenvalue weighted by molar-refractivity contribution is -0.137. The molecule has 1 N–H and O–H groups in total. The van der Waals surface area contributed by atoms with Gasteiger partial charge in [0.15, 0.2) is 0 Å². The monoisotopic (exact) mass is 383 g/mol. The molecule has 0 aliphatic heterocycles. The van der Waals surface area contributed by atoms with Crippen molar-refractivity contribution in [3.63, 3.8) is 0 Å². The van der Waals surface area contributed by atoms with Gasteiger partial charge in [0.25, 0.3) is 0 Å². The zero-order valence-electron chi connectivity index (χ0n) is 14.5. The Labute approximate surface area is 154 Å². The van der Waals surface area contributed by atoms with Crippen LogP contribution in [0.1, 0.15) is 18.1 Å². The van der Waals surface area contributed by atoms with Crippen LogP contribution in [0.25, 0.3) is 0 Å². The Hall–Kier alpha value is -2.15. The van der Waals surface area contributed by atoms with E-state index in [1.54, 1.807) is 6.92 Å². The maximum atomic E-state index is 13.0. The van der Waals surface area contributed by atoms with Gasteiger partial charge in [-0.3, -0.25) is 4.79 Å². The maximum Gasteiger partial charge on any atom is 0.418 e. The standard InChI is InChI=1S/C19H20F3NO2S/c1-13-6-5-7-15(12-13)25-10-11-26-14(2)18(24)23-17-9-4-3-8-16(17)19(20,21)22/h3-9,12,14H,10-11H2,1-2H3,(H,23,24)/t14-/m0/s1. The van der Waals surface area contributed by atoms with Crippen molar-refractivity contribution >= 4 is 23.4 Å². The molecule has 140 valence electrons. The molecule has 0 fully saturated rings. The second-order valence-corrected chi connectivity index (χ2v) is 7.16. The summed E-state index contributed by atoms with van der Waals surface area (Å²) in [7, 11) is 0. The Balaban J connectivity index is 1.83. The summed E-state index contributed by atoms with van der Waals surface area (Å²) in [6, 6.07) is 12.6. The molecule has 7 heteroatoms. The van der Waals surface area contributed by atoms with Gasteiger partial charge in [-0.05, 0) is 43.7 Å². The van der Waals surface area contributed by atoms with E-state index >= 15 is 0 Å². The third kappa shape index (κ3) is 5.98. The number of ether oxygens (including phenoxy) is 1. The fraction of sp³-hybridized carbons (Fsp3) is 0.316. The summed E-state index contributed by atoms with van der Waals surface area (Å²) < 4.78 is 44.5. The first-order valence-corrected chi connectivity index (χ1v) is 9.10. The fourth-order valence-electron chi connectivity index (χ4n) is 2.24. The van der Waals surface area contributed by atoms with E-state index in [1.165, 1.54) is 30.0 Å². The quantitative estimate of drug-likeness (QED) is 0.672. The van der Waals surface area contributed by atoms with E-state index in [2.05, 4.69) is 5.32 Å². The van der Waals surface area contributed by atoms with E-state index in [-0.39, 0.29) is 5.69 Å². The number of alkyl halides is 3. The predicted octanol–water partition coefficient (Wildman–Crippen LogP) is 5.15. The zero-order valence-corrected chi connectivity index (χ0v) is 15.3. The lowest BCUT2D eigenvalue weighted by Crippen LogP contribution is -2.25. The van der Waals surface area contributed by atoms with Gasteiger partial charge < -0.3 is 10.1 Å². The molecule has 1 amide bonds. The summed E-state index contributed by atoms with van der Waals surface area (Å²) >= 11 is 1.32. The Morgan fingerprint density at radius 1 is 1.19 bits per heavy atom. The minimum atomic E-state index is -4.51. The van der Waals surface area contributed by atoms with Crippen molar-refractivity contribution in [2.75, 3.05) is 17.7 Å². The molecule has 0 saturated heterocycles. The summed E-state index contributed by atoms with van der Waals surface area (Å²) in [6.45, 7) is 4.03. The Morgan fingerprint density at radius 2 is 1.92 bits per heavy atom. The van der Waals surface area contributed by atoms with Crippen molar-refractivity contribution in [1.82, 2.24) is 0 Å². The van der Waals surface area contributed by atoms with E-state index in [1.807, 2.05) is 31.2 Å². The largest absolute Gasteiger partial charge is 0.493 e. The molecule has 0 bridgehead atoms. The van der Waals surface area contributed by atoms with Gasteiger partial charge in [-0.25, -0.2) is 0 Å². The second kappa shape index (κ2) is 8.98. The first kappa shape index (κ1) is 20.2. The average Bonchev–Trinajstić information content (AvgIpc) is 2.58. The first-order valence-electron chi connectivity index (χ1n) is 8.05. The van der Waals surface area contributed by atoms with Crippen molar-refractivity contribution in [2.45, 2.75) is 25.3 Å². The number of carbonyl (C=O) groups is 1. The number of thioether (sulfide) groups is 1. The van der Waals surface area contributed by atoms with E-state index in [0.29, 0.717) is 12.4 Å². The molecule has 3 nitrogen and oxygen atoms in total. The Bertz CT molecular complexity index is 750. The van der Waals surface area contributed by atoms with Gasteiger partial charge in [0.1, 0.15) is 5.75 Å². The number of anilines is 1. The van der Waals surface area contributed by atoms with Crippen LogP contribution in [0.2, 0.25) is 0 Å². The number of amides is 1. The smallest absolute Gasteiger partial charge is 0.418 e. The minimum absolute atomic E-state index is 0.228. The van der Waals surface area contributed by atoms with Crippen LogP contribution in [0.4, 0.5) is 18.9 Å². The summed E-state index contributed by atoms with van der Waals surface area (Å²) in [5, 5.41) is 1.86. The van der Waals surface area contributed by atoms with Crippen LogP contribution in [0.5, 0.6) is 5.75 Å². The van der Waals surface area contributed by atoms with Gasteiger partial charge in [0, 0.05) is 5.75 Å². The van der Waals surface area contributed by atoms with E-state index < -0.39 is 22.9 Å². The van der Waals surface area contributed by atoms with E-state index in [0.717, 1.165) is 17.4 Å². The molecule has 0 radical (unpaired) electrons. The first-order chi connectivity index (χ1) is 12.3. The summed E-state index contributed by atoms with van der Waals surface area (Å²) in [4.78, 5) is 12.2. The number of nitrogens with one attached hydrogen (secondary N) is 1. The summed E-state index contributed by atoms with van der Waals surface area (Å²) in [5.41, 5.74) is 0.00743. The van der Waals surface area contributed by atoms with Crippen LogP contribution in [-0.2, 0) is 11.0 Å². The average molecular weight is 383 g/mol. The highest BCUT2D eigenvalue weighted by Gasteiger charge is 2.33. The molecule has 2 aromatic rings. The molecular formula is C19H20F3NO2S. The minimum Gasteiger partial charge on any atom is -0.493 e. The third-order valence-corrected chi connectivity index (χ3v) is 4.69. The molecule has 0 aliphatic carbocycles. The van der Waals surface area contributed by atoms with Gasteiger partial charge in [0.2, 0.25) is 5.91 Å². The van der Waals surface area contributed by atoms with Gasteiger partial charge in [0.05, 0.1) is 23.1 Å². The number of halogens is 3. The van der Waals surface area contributed by atoms with Gasteiger partial charge in [-0.2, -0.15) is 13.2 Å². The number of rotatable bonds is 7. The van der Waals surface area contributed by atoms with Gasteiger partial charge >= 0.3 is 6.18 Å². The van der Waals surface area contributed by atoms with Crippen LogP contribution in [0.15, 0.2) is 48.5 Å². The van der Waals surface area contributed by atoms with Crippen molar-refractivity contribution < 1.29 is 22.7 Å². The number of benzene rings is 2. The highest BCUT2D eigenvalue weighted by molar-refractivity contribution is 8.00. The number of hydrogen-bond acceptors (Lipinski definition) is 3. The molecule has 0 aliphatic rings. The van der Waals surface area contributed by atoms with Crippen LogP contribution >= 0.6 is 11.8 Å². The Morgan fingerprint density at radius 3 is 2.62 bits per heavy atom. The maximum absolute atomic E-state index is 13.0. The van der Waals surface area contributed by atoms with Crippen molar-refractivity contribution in [2.24, 2.45) is 0 Å². The molecule has 0 saturated carbocycles. The van der Waals surface area contributed by atoms with Crippen LogP contribution in [-0.4, -0.2) is 23.5 Å². The predicted molar refractivity (Wildman–Crippen MR) is 98.7 cm³/mol. The lowest BCUT2D eigenvalue weighted by atomic mass is 10.1. The zero-order chi connectivity index (χ0) is 19.2. The highest BCUT2D eigenvalue weighted by Crippen LogP contribution is 2.34. The van der Waals surface area contributed by atoms with Gasteiger partial charge in [-0.15, -0.1) is 11.8 Å². The molecule has 0 spiro atoms. The SMILES string of the molecule is Cc1cccc(OCCS[C@@H](C)C(=O)Nc2ccccc2C(F)(F)F)c1. The number of hydrogen-bond donors (Lipinski definition) is 1. The topological polar surface area (TPSA) is 38.3 Å². The molecule has 2 rings (SSSR count). The summed E-state index contributed by atoms with van der Waals surface area (Å²) in [5.74, 6) is 0.827. The van der Waals surface area contributed by atoms with Gasteiger partial charge in [-0.1, -0.05) is 24.3 Å². The molecule has 0 unspecified atom stereocenters. The third-order valence-electron chi connectivity index (χ3n) is 3.57. The molecular weight excluding hydrogens is 363 g/mol. The van der Waals surface area contributed by atoms with Crippen LogP contribution in [0, 0.1) is 6.92 Å².